The first-order chi connectivity index (χ1) is 6.49. The Morgan fingerprint density at radius 3 is 2.71 bits per heavy atom. The molecule has 0 aromatic carbocycles. The van der Waals surface area contributed by atoms with E-state index >= 15 is 0 Å². The van der Waals surface area contributed by atoms with Crippen LogP contribution in [-0.2, 0) is 9.47 Å². The van der Waals surface area contributed by atoms with E-state index in [2.05, 4.69) is 9.47 Å². The van der Waals surface area contributed by atoms with Crippen LogP contribution in [0.2, 0.25) is 0 Å². The second-order valence-electron chi connectivity index (χ2n) is 3.77. The maximum atomic E-state index is 12.8. The lowest BCUT2D eigenvalue weighted by Gasteiger charge is -2.15. The second kappa shape index (κ2) is 2.97. The molecule has 1 heterocycles. The molecule has 0 spiro atoms. The largest absolute Gasteiger partial charge is 0.585 e. The molecule has 1 aliphatic heterocycles. The van der Waals surface area contributed by atoms with Gasteiger partial charge in [-0.1, -0.05) is 19.9 Å². The van der Waals surface area contributed by atoms with Crippen molar-refractivity contribution < 1.29 is 18.3 Å². The van der Waals surface area contributed by atoms with E-state index in [1.54, 1.807) is 0 Å². The number of halogens is 2. The number of allylic oxidation sites excluding steroid dienone is 3. The number of rotatable bonds is 1. The standard InChI is InChI=1S/C10H12F2O2/c1-6(2)7-4-3-5-8-9(7)14-10(11,12)13-8/h4,6H,3,5H2,1-2H3. The summed E-state index contributed by atoms with van der Waals surface area (Å²) < 4.78 is 34.4. The van der Waals surface area contributed by atoms with Crippen molar-refractivity contribution in [1.82, 2.24) is 0 Å². The Bertz CT molecular complexity index is 316. The van der Waals surface area contributed by atoms with Crippen LogP contribution < -0.4 is 0 Å². The molecule has 1 aliphatic carbocycles. The molecule has 0 radical (unpaired) electrons. The lowest BCUT2D eigenvalue weighted by Crippen LogP contribution is -2.17. The fourth-order valence-electron chi connectivity index (χ4n) is 1.72. The monoisotopic (exact) mass is 202 g/mol. The van der Waals surface area contributed by atoms with Crippen molar-refractivity contribution in [2.75, 3.05) is 0 Å². The first-order valence-corrected chi connectivity index (χ1v) is 4.69. The van der Waals surface area contributed by atoms with E-state index in [0.29, 0.717) is 12.2 Å². The summed E-state index contributed by atoms with van der Waals surface area (Å²) in [7, 11) is 0. The summed E-state index contributed by atoms with van der Waals surface area (Å²) in [5.41, 5.74) is 0.823. The van der Waals surface area contributed by atoms with Crippen molar-refractivity contribution >= 4 is 0 Å². The van der Waals surface area contributed by atoms with E-state index in [9.17, 15) is 8.78 Å². The van der Waals surface area contributed by atoms with Crippen LogP contribution in [0.5, 0.6) is 0 Å². The van der Waals surface area contributed by atoms with Crippen LogP contribution in [0, 0.1) is 5.92 Å². The predicted molar refractivity (Wildman–Crippen MR) is 46.3 cm³/mol. The topological polar surface area (TPSA) is 18.5 Å². The maximum absolute atomic E-state index is 12.8. The predicted octanol–water partition coefficient (Wildman–Crippen LogP) is 3.17. The van der Waals surface area contributed by atoms with Gasteiger partial charge in [-0.15, -0.1) is 8.78 Å². The molecule has 0 N–H and O–H groups in total. The van der Waals surface area contributed by atoms with Crippen LogP contribution in [0.25, 0.3) is 0 Å². The molecule has 0 aromatic heterocycles. The van der Waals surface area contributed by atoms with Gasteiger partial charge < -0.3 is 9.47 Å². The number of hydrogen-bond acceptors (Lipinski definition) is 2. The summed E-state index contributed by atoms with van der Waals surface area (Å²) in [6, 6.07) is 0. The number of hydrogen-bond donors (Lipinski definition) is 0. The number of ether oxygens (including phenoxy) is 2. The molecular weight excluding hydrogens is 190 g/mol. The molecule has 0 fully saturated rings. The molecule has 0 bridgehead atoms. The Hall–Kier alpha value is -1.06. The minimum Gasteiger partial charge on any atom is -0.400 e. The van der Waals surface area contributed by atoms with Crippen LogP contribution in [0.3, 0.4) is 0 Å². The molecule has 4 heteroatoms. The van der Waals surface area contributed by atoms with Gasteiger partial charge in [0.25, 0.3) is 0 Å². The van der Waals surface area contributed by atoms with Crippen molar-refractivity contribution in [3.63, 3.8) is 0 Å². The molecule has 2 rings (SSSR count). The Morgan fingerprint density at radius 2 is 2.07 bits per heavy atom. The van der Waals surface area contributed by atoms with Gasteiger partial charge in [0.2, 0.25) is 0 Å². The zero-order valence-electron chi connectivity index (χ0n) is 8.14. The van der Waals surface area contributed by atoms with Gasteiger partial charge in [-0.25, -0.2) is 0 Å². The molecule has 0 atom stereocenters. The van der Waals surface area contributed by atoms with Crippen molar-refractivity contribution in [3.8, 4) is 0 Å². The molecule has 2 aliphatic rings. The van der Waals surface area contributed by atoms with Crippen molar-refractivity contribution in [2.45, 2.75) is 33.0 Å². The van der Waals surface area contributed by atoms with Gasteiger partial charge in [-0.05, 0) is 17.9 Å². The third kappa shape index (κ3) is 1.49. The second-order valence-corrected chi connectivity index (χ2v) is 3.77. The molecule has 0 saturated heterocycles. The molecule has 14 heavy (non-hydrogen) atoms. The fourth-order valence-corrected chi connectivity index (χ4v) is 1.72. The van der Waals surface area contributed by atoms with Gasteiger partial charge in [0.05, 0.1) is 0 Å². The molecule has 0 amide bonds. The maximum Gasteiger partial charge on any atom is 0.585 e. The highest BCUT2D eigenvalue weighted by atomic mass is 19.3. The highest BCUT2D eigenvalue weighted by Gasteiger charge is 2.46. The molecule has 0 unspecified atom stereocenters. The van der Waals surface area contributed by atoms with Gasteiger partial charge in [-0.3, -0.25) is 0 Å². The lowest BCUT2D eigenvalue weighted by atomic mass is 9.94. The van der Waals surface area contributed by atoms with Gasteiger partial charge in [0.15, 0.2) is 5.76 Å². The SMILES string of the molecule is CC(C)C1=CCCC2=C1OC(F)(F)O2. The van der Waals surface area contributed by atoms with Gasteiger partial charge in [0, 0.05) is 6.42 Å². The first-order valence-electron chi connectivity index (χ1n) is 4.69. The first kappa shape index (κ1) is 9.49. The van der Waals surface area contributed by atoms with Gasteiger partial charge in [0.1, 0.15) is 5.76 Å². The fraction of sp³-hybridized carbons (Fsp3) is 0.600. The minimum atomic E-state index is -3.47. The molecule has 0 aromatic rings. The third-order valence-electron chi connectivity index (χ3n) is 2.34. The summed E-state index contributed by atoms with van der Waals surface area (Å²) in [5, 5.41) is 0. The summed E-state index contributed by atoms with van der Waals surface area (Å²) in [5.74, 6) is 0.718. The van der Waals surface area contributed by atoms with E-state index in [1.807, 2.05) is 19.9 Å². The normalized spacial score (nSPS) is 24.2. The molecule has 78 valence electrons. The zero-order chi connectivity index (χ0) is 10.3. The zero-order valence-corrected chi connectivity index (χ0v) is 8.14. The van der Waals surface area contributed by atoms with Crippen LogP contribution in [0.1, 0.15) is 26.7 Å². The third-order valence-corrected chi connectivity index (χ3v) is 2.34. The van der Waals surface area contributed by atoms with Crippen molar-refractivity contribution in [2.24, 2.45) is 5.92 Å². The average molecular weight is 202 g/mol. The van der Waals surface area contributed by atoms with Crippen molar-refractivity contribution in [1.29, 1.82) is 0 Å². The van der Waals surface area contributed by atoms with Crippen molar-refractivity contribution in [3.05, 3.63) is 23.2 Å². The van der Waals surface area contributed by atoms with E-state index in [0.717, 1.165) is 12.0 Å². The number of alkyl halides is 2. The Labute approximate surface area is 81.2 Å². The van der Waals surface area contributed by atoms with Gasteiger partial charge in [-0.2, -0.15) is 0 Å². The van der Waals surface area contributed by atoms with E-state index in [-0.39, 0.29) is 11.7 Å². The van der Waals surface area contributed by atoms with E-state index < -0.39 is 6.29 Å². The molecular formula is C10H12F2O2. The summed E-state index contributed by atoms with van der Waals surface area (Å²) in [4.78, 5) is 0. The Kier molecular flexibility index (Phi) is 2.01. The molecule has 0 saturated carbocycles. The van der Waals surface area contributed by atoms with Gasteiger partial charge >= 0.3 is 6.29 Å². The smallest absolute Gasteiger partial charge is 0.400 e. The lowest BCUT2D eigenvalue weighted by molar-refractivity contribution is -0.337. The Morgan fingerprint density at radius 1 is 1.36 bits per heavy atom. The van der Waals surface area contributed by atoms with Crippen LogP contribution in [0.15, 0.2) is 23.2 Å². The van der Waals surface area contributed by atoms with E-state index in [4.69, 9.17) is 0 Å². The highest BCUT2D eigenvalue weighted by Crippen LogP contribution is 2.42. The average Bonchev–Trinajstić information content (AvgIpc) is 2.36. The van der Waals surface area contributed by atoms with Crippen LogP contribution in [0.4, 0.5) is 8.78 Å². The summed E-state index contributed by atoms with van der Waals surface area (Å²) in [6.07, 6.45) is -0.288. The van der Waals surface area contributed by atoms with Crippen LogP contribution >= 0.6 is 0 Å². The highest BCUT2D eigenvalue weighted by molar-refractivity contribution is 5.34. The van der Waals surface area contributed by atoms with Crippen LogP contribution in [-0.4, -0.2) is 6.29 Å². The quantitative estimate of drug-likeness (QED) is 0.650. The van der Waals surface area contributed by atoms with E-state index in [1.165, 1.54) is 0 Å². The summed E-state index contributed by atoms with van der Waals surface area (Å²) in [6.45, 7) is 3.89. The molecule has 2 nitrogen and oxygen atoms in total. The minimum absolute atomic E-state index is 0.179. The Balaban J connectivity index is 2.28. The summed E-state index contributed by atoms with van der Waals surface area (Å²) >= 11 is 0.